The number of methoxy groups -OCH3 is 1. The molecule has 1 aliphatic heterocycles. The molecule has 0 saturated carbocycles. The summed E-state index contributed by atoms with van der Waals surface area (Å²) in [6, 6.07) is 0. The molecule has 0 atom stereocenters. The van der Waals surface area contributed by atoms with Crippen LogP contribution in [0.2, 0.25) is 0 Å². The summed E-state index contributed by atoms with van der Waals surface area (Å²) in [5, 5.41) is 3.48. The first kappa shape index (κ1) is 14.2. The first-order valence-corrected chi connectivity index (χ1v) is 6.21. The molecule has 17 heavy (non-hydrogen) atoms. The molecule has 1 fully saturated rings. The highest BCUT2D eigenvalue weighted by atomic mass is 16.5. The predicted octanol–water partition coefficient (Wildman–Crippen LogP) is 1.65. The van der Waals surface area contributed by atoms with Crippen molar-refractivity contribution in [3.8, 4) is 0 Å². The maximum Gasteiger partial charge on any atom is 0.333 e. The van der Waals surface area contributed by atoms with Gasteiger partial charge in [-0.05, 0) is 26.2 Å². The van der Waals surface area contributed by atoms with Crippen LogP contribution in [0.4, 0.5) is 0 Å². The Bertz CT molecular complexity index is 280. The average Bonchev–Trinajstić information content (AvgIpc) is 2.34. The van der Waals surface area contributed by atoms with Crippen LogP contribution in [0.3, 0.4) is 0 Å². The number of esters is 1. The highest BCUT2D eigenvalue weighted by molar-refractivity contribution is 5.88. The minimum atomic E-state index is -0.230. The van der Waals surface area contributed by atoms with E-state index < -0.39 is 0 Å². The van der Waals surface area contributed by atoms with Crippen LogP contribution in [-0.4, -0.2) is 38.4 Å². The lowest BCUT2D eigenvalue weighted by atomic mass is 9.92. The maximum atomic E-state index is 11.4. The van der Waals surface area contributed by atoms with Crippen LogP contribution in [0.25, 0.3) is 0 Å². The van der Waals surface area contributed by atoms with E-state index in [2.05, 4.69) is 12.2 Å². The van der Waals surface area contributed by atoms with Gasteiger partial charge in [0.25, 0.3) is 0 Å². The summed E-state index contributed by atoms with van der Waals surface area (Å²) in [5.74, 6) is -0.230. The Labute approximate surface area is 103 Å². The van der Waals surface area contributed by atoms with Crippen LogP contribution in [0.1, 0.15) is 33.1 Å². The molecule has 4 heteroatoms. The van der Waals surface area contributed by atoms with Crippen LogP contribution in [0, 0.1) is 0 Å². The smallest absolute Gasteiger partial charge is 0.333 e. The molecule has 0 unspecified atom stereocenters. The highest BCUT2D eigenvalue weighted by Crippen LogP contribution is 2.19. The number of hydrogen-bond donors (Lipinski definition) is 1. The van der Waals surface area contributed by atoms with Crippen molar-refractivity contribution >= 4 is 5.97 Å². The zero-order valence-electron chi connectivity index (χ0n) is 11.0. The van der Waals surface area contributed by atoms with E-state index in [-0.39, 0.29) is 11.5 Å². The molecule has 0 spiro atoms. The maximum absolute atomic E-state index is 11.4. The van der Waals surface area contributed by atoms with Gasteiger partial charge in [0, 0.05) is 30.9 Å². The topological polar surface area (TPSA) is 47.6 Å². The van der Waals surface area contributed by atoms with Gasteiger partial charge >= 0.3 is 5.97 Å². The number of hydrogen-bond acceptors (Lipinski definition) is 4. The molecular weight excluding hydrogens is 218 g/mol. The van der Waals surface area contributed by atoms with Gasteiger partial charge in [-0.2, -0.15) is 0 Å². The molecule has 1 rings (SSSR count). The Morgan fingerprint density at radius 3 is 2.65 bits per heavy atom. The van der Waals surface area contributed by atoms with E-state index in [1.54, 1.807) is 0 Å². The molecule has 4 nitrogen and oxygen atoms in total. The molecule has 0 aliphatic carbocycles. The van der Waals surface area contributed by atoms with Crippen molar-refractivity contribution in [1.29, 1.82) is 0 Å². The van der Waals surface area contributed by atoms with Crippen molar-refractivity contribution in [2.75, 3.05) is 26.9 Å². The van der Waals surface area contributed by atoms with Crippen LogP contribution >= 0.6 is 0 Å². The molecule has 0 amide bonds. The van der Waals surface area contributed by atoms with Gasteiger partial charge in [0.15, 0.2) is 0 Å². The molecule has 98 valence electrons. The fourth-order valence-electron chi connectivity index (χ4n) is 1.92. The molecule has 1 saturated heterocycles. The van der Waals surface area contributed by atoms with E-state index in [1.165, 1.54) is 7.11 Å². The van der Waals surface area contributed by atoms with E-state index >= 15 is 0 Å². The third-order valence-electron chi connectivity index (χ3n) is 3.30. The summed E-state index contributed by atoms with van der Waals surface area (Å²) in [5.41, 5.74) is 0.861. The molecule has 1 heterocycles. The molecule has 1 aliphatic rings. The van der Waals surface area contributed by atoms with Gasteiger partial charge in [-0.3, -0.25) is 0 Å². The highest BCUT2D eigenvalue weighted by Gasteiger charge is 2.25. The van der Waals surface area contributed by atoms with Crippen molar-refractivity contribution < 1.29 is 14.3 Å². The van der Waals surface area contributed by atoms with Gasteiger partial charge in [-0.25, -0.2) is 4.79 Å². The van der Waals surface area contributed by atoms with Crippen LogP contribution in [0.15, 0.2) is 11.6 Å². The third-order valence-corrected chi connectivity index (χ3v) is 3.30. The quantitative estimate of drug-likeness (QED) is 0.587. The van der Waals surface area contributed by atoms with Gasteiger partial charge in [-0.15, -0.1) is 0 Å². The monoisotopic (exact) mass is 241 g/mol. The van der Waals surface area contributed by atoms with Crippen LogP contribution < -0.4 is 5.32 Å². The van der Waals surface area contributed by atoms with Crippen LogP contribution in [-0.2, 0) is 14.3 Å². The number of carbonyl (C=O) groups excluding carboxylic acids is 1. The van der Waals surface area contributed by atoms with Gasteiger partial charge < -0.3 is 14.8 Å². The van der Waals surface area contributed by atoms with E-state index in [0.29, 0.717) is 13.0 Å². The van der Waals surface area contributed by atoms with Crippen molar-refractivity contribution in [2.45, 2.75) is 38.6 Å². The van der Waals surface area contributed by atoms with Crippen molar-refractivity contribution in [1.82, 2.24) is 5.32 Å². The minimum absolute atomic E-state index is 0.129. The fourth-order valence-corrected chi connectivity index (χ4v) is 1.92. The van der Waals surface area contributed by atoms with Gasteiger partial charge in [0.2, 0.25) is 0 Å². The van der Waals surface area contributed by atoms with Crippen molar-refractivity contribution in [3.63, 3.8) is 0 Å². The van der Waals surface area contributed by atoms with Crippen molar-refractivity contribution in [3.05, 3.63) is 11.6 Å². The Hall–Kier alpha value is -0.870. The molecule has 0 aromatic carbocycles. The molecule has 0 bridgehead atoms. The fraction of sp³-hybridized carbons (Fsp3) is 0.769. The Morgan fingerprint density at radius 2 is 2.12 bits per heavy atom. The van der Waals surface area contributed by atoms with Crippen molar-refractivity contribution in [2.24, 2.45) is 0 Å². The van der Waals surface area contributed by atoms with Crippen LogP contribution in [0.5, 0.6) is 0 Å². The number of rotatable bonds is 5. The summed E-state index contributed by atoms with van der Waals surface area (Å²) in [7, 11) is 1.42. The lowest BCUT2D eigenvalue weighted by Crippen LogP contribution is -2.46. The van der Waals surface area contributed by atoms with E-state index in [0.717, 1.165) is 31.6 Å². The molecule has 0 radical (unpaired) electrons. The Morgan fingerprint density at radius 1 is 1.47 bits per heavy atom. The summed E-state index contributed by atoms with van der Waals surface area (Å²) < 4.78 is 10.1. The number of nitrogens with one attached hydrogen (secondary N) is 1. The predicted molar refractivity (Wildman–Crippen MR) is 66.9 cm³/mol. The van der Waals surface area contributed by atoms with E-state index in [9.17, 15) is 4.79 Å². The lowest BCUT2D eigenvalue weighted by Gasteiger charge is -2.34. The van der Waals surface area contributed by atoms with Gasteiger partial charge in [-0.1, -0.05) is 13.0 Å². The second-order valence-electron chi connectivity index (χ2n) is 4.63. The molecular formula is C13H23NO3. The third kappa shape index (κ3) is 4.48. The van der Waals surface area contributed by atoms with Gasteiger partial charge in [0.05, 0.1) is 7.11 Å². The lowest BCUT2D eigenvalue weighted by molar-refractivity contribution is -0.136. The normalized spacial score (nSPS) is 20.1. The average molecular weight is 241 g/mol. The number of ether oxygens (including phenoxy) is 2. The molecule has 0 aromatic heterocycles. The summed E-state index contributed by atoms with van der Waals surface area (Å²) in [6.45, 7) is 6.48. The standard InChI is InChI=1S/C13H23NO3/c1-4-11(12(15)16-3)5-8-14-13(2)6-9-17-10-7-13/h5,14H,4,6-10H2,1-3H3. The molecule has 1 N–H and O–H groups in total. The Kier molecular flexibility index (Phi) is 5.65. The van der Waals surface area contributed by atoms with E-state index in [4.69, 9.17) is 9.47 Å². The zero-order chi connectivity index (χ0) is 12.7. The summed E-state index contributed by atoms with van der Waals surface area (Å²) in [6.07, 6.45) is 4.65. The summed E-state index contributed by atoms with van der Waals surface area (Å²) in [4.78, 5) is 11.4. The second-order valence-corrected chi connectivity index (χ2v) is 4.63. The minimum Gasteiger partial charge on any atom is -0.466 e. The van der Waals surface area contributed by atoms with Gasteiger partial charge in [0.1, 0.15) is 0 Å². The number of carbonyl (C=O) groups is 1. The van der Waals surface area contributed by atoms with E-state index in [1.807, 2.05) is 13.0 Å². The Balaban J connectivity index is 2.43. The summed E-state index contributed by atoms with van der Waals surface area (Å²) >= 11 is 0. The first-order chi connectivity index (χ1) is 8.11. The molecule has 0 aromatic rings. The zero-order valence-corrected chi connectivity index (χ0v) is 11.0. The first-order valence-electron chi connectivity index (χ1n) is 6.21. The second kappa shape index (κ2) is 6.77. The SMILES string of the molecule is CCC(=CCNC1(C)CCOCC1)C(=O)OC. The largest absolute Gasteiger partial charge is 0.466 e.